The number of nitrogens with zero attached hydrogens (tertiary/aromatic N) is 3. The Labute approximate surface area is 190 Å². The molecule has 0 saturated heterocycles. The van der Waals surface area contributed by atoms with Gasteiger partial charge < -0.3 is 20.3 Å². The van der Waals surface area contributed by atoms with Crippen molar-refractivity contribution in [2.75, 3.05) is 26.7 Å². The van der Waals surface area contributed by atoms with Gasteiger partial charge in [0, 0.05) is 50.2 Å². The van der Waals surface area contributed by atoms with Crippen LogP contribution in [0, 0.1) is 6.92 Å². The molecule has 1 atom stereocenters. The number of carbonyl (C=O) groups excluding carboxylic acids is 1. The third-order valence-corrected chi connectivity index (χ3v) is 4.78. The Morgan fingerprint density at radius 2 is 2.07 bits per heavy atom. The van der Waals surface area contributed by atoms with Gasteiger partial charge in [-0.05, 0) is 48.0 Å². The summed E-state index contributed by atoms with van der Waals surface area (Å²) in [6.45, 7) is 13.9. The zero-order chi connectivity index (χ0) is 20.4. The van der Waals surface area contributed by atoms with E-state index in [0.29, 0.717) is 6.54 Å². The quantitative estimate of drug-likeness (QED) is 0.307. The van der Waals surface area contributed by atoms with E-state index in [0.717, 1.165) is 36.9 Å². The van der Waals surface area contributed by atoms with Crippen LogP contribution in [0.4, 0.5) is 4.79 Å². The first kappa shape index (κ1) is 26.9. The topological polar surface area (TPSA) is 78.9 Å². The van der Waals surface area contributed by atoms with Crippen LogP contribution in [0.25, 0.3) is 0 Å². The molecule has 1 aromatic heterocycles. The SMILES string of the molecule is CCNC(=NCCC(C)N(C)C(=O)OC(C)(C)C)NCCc1ncc(C)s1.I. The molecule has 7 nitrogen and oxygen atoms in total. The third kappa shape index (κ3) is 11.0. The molecule has 9 heteroatoms. The molecule has 0 aromatic carbocycles. The zero-order valence-electron chi connectivity index (χ0n) is 18.2. The number of guanidine groups is 1. The maximum Gasteiger partial charge on any atom is 0.410 e. The van der Waals surface area contributed by atoms with Crippen molar-refractivity contribution in [3.05, 3.63) is 16.1 Å². The van der Waals surface area contributed by atoms with Gasteiger partial charge in [-0.25, -0.2) is 9.78 Å². The molecule has 1 heterocycles. The molecule has 0 radical (unpaired) electrons. The van der Waals surface area contributed by atoms with Crippen molar-refractivity contribution in [2.45, 2.75) is 66.0 Å². The number of aliphatic imine (C=N–C) groups is 1. The average Bonchev–Trinajstić information content (AvgIpc) is 2.97. The number of ether oxygens (including phenoxy) is 1. The second kappa shape index (κ2) is 13.2. The molecule has 0 saturated carbocycles. The lowest BCUT2D eigenvalue weighted by atomic mass is 10.2. The summed E-state index contributed by atoms with van der Waals surface area (Å²) in [7, 11) is 1.77. The van der Waals surface area contributed by atoms with Crippen molar-refractivity contribution in [3.8, 4) is 0 Å². The second-order valence-corrected chi connectivity index (χ2v) is 8.85. The van der Waals surface area contributed by atoms with Crippen LogP contribution in [-0.4, -0.2) is 60.3 Å². The lowest BCUT2D eigenvalue weighted by Crippen LogP contribution is -2.40. The summed E-state index contributed by atoms with van der Waals surface area (Å²) >= 11 is 1.72. The largest absolute Gasteiger partial charge is 0.444 e. The molecule has 0 bridgehead atoms. The van der Waals surface area contributed by atoms with Gasteiger partial charge in [0.25, 0.3) is 0 Å². The number of aromatic nitrogens is 1. The van der Waals surface area contributed by atoms with Crippen molar-refractivity contribution in [3.63, 3.8) is 0 Å². The molecule has 1 unspecified atom stereocenters. The minimum Gasteiger partial charge on any atom is -0.444 e. The maximum atomic E-state index is 12.1. The number of hydrogen-bond acceptors (Lipinski definition) is 5. The van der Waals surface area contributed by atoms with Gasteiger partial charge in [-0.1, -0.05) is 0 Å². The highest BCUT2D eigenvalue weighted by Gasteiger charge is 2.22. The third-order valence-electron chi connectivity index (χ3n) is 3.80. The van der Waals surface area contributed by atoms with Gasteiger partial charge in [0.15, 0.2) is 5.96 Å². The Morgan fingerprint density at radius 3 is 2.61 bits per heavy atom. The van der Waals surface area contributed by atoms with Gasteiger partial charge in [-0.3, -0.25) is 4.99 Å². The molecule has 2 N–H and O–H groups in total. The Balaban J connectivity index is 0.00000729. The normalized spacial score (nSPS) is 12.8. The number of nitrogens with one attached hydrogen (secondary N) is 2. The molecule has 0 fully saturated rings. The first-order valence-corrected chi connectivity index (χ1v) is 10.3. The minimum absolute atomic E-state index is 0. The van der Waals surface area contributed by atoms with Crippen LogP contribution < -0.4 is 10.6 Å². The highest BCUT2D eigenvalue weighted by atomic mass is 127. The molecule has 162 valence electrons. The van der Waals surface area contributed by atoms with Crippen LogP contribution >= 0.6 is 35.3 Å². The number of amides is 1. The predicted molar refractivity (Wildman–Crippen MR) is 128 cm³/mol. The van der Waals surface area contributed by atoms with E-state index in [-0.39, 0.29) is 36.1 Å². The van der Waals surface area contributed by atoms with Crippen LogP contribution in [0.3, 0.4) is 0 Å². The van der Waals surface area contributed by atoms with Crippen LogP contribution in [0.5, 0.6) is 0 Å². The molecule has 0 aliphatic rings. The summed E-state index contributed by atoms with van der Waals surface area (Å²) in [4.78, 5) is 24.0. The van der Waals surface area contributed by atoms with Crippen LogP contribution in [0.15, 0.2) is 11.2 Å². The molecule has 1 rings (SSSR count). The molecular weight excluding hydrogens is 489 g/mol. The Hall–Kier alpha value is -1.10. The predicted octanol–water partition coefficient (Wildman–Crippen LogP) is 3.81. The molecular formula is C19H36IN5O2S. The van der Waals surface area contributed by atoms with E-state index in [2.05, 4.69) is 27.5 Å². The van der Waals surface area contributed by atoms with E-state index in [1.54, 1.807) is 23.3 Å². The number of hydrogen-bond donors (Lipinski definition) is 2. The highest BCUT2D eigenvalue weighted by Crippen LogP contribution is 2.12. The van der Waals surface area contributed by atoms with E-state index in [4.69, 9.17) is 4.74 Å². The second-order valence-electron chi connectivity index (χ2n) is 7.53. The van der Waals surface area contributed by atoms with Crippen LogP contribution in [0.1, 0.15) is 50.9 Å². The van der Waals surface area contributed by atoms with E-state index in [1.807, 2.05) is 40.8 Å². The standard InChI is InChI=1S/C19H35N5O2S.HI/c1-8-20-17(22-12-10-16-23-13-15(3)27-16)21-11-9-14(2)24(7)18(25)26-19(4,5)6;/h13-14H,8-12H2,1-7H3,(H2,20,21,22);1H. The Bertz CT molecular complexity index is 616. The minimum atomic E-state index is -0.485. The summed E-state index contributed by atoms with van der Waals surface area (Å²) < 4.78 is 5.41. The zero-order valence-corrected chi connectivity index (χ0v) is 21.3. The van der Waals surface area contributed by atoms with Crippen molar-refractivity contribution in [1.82, 2.24) is 20.5 Å². The Kier molecular flexibility index (Phi) is 12.7. The van der Waals surface area contributed by atoms with Crippen LogP contribution in [-0.2, 0) is 11.2 Å². The fraction of sp³-hybridized carbons (Fsp3) is 0.737. The van der Waals surface area contributed by atoms with Crippen LogP contribution in [0.2, 0.25) is 0 Å². The van der Waals surface area contributed by atoms with Crippen molar-refractivity contribution < 1.29 is 9.53 Å². The molecule has 1 aromatic rings. The van der Waals surface area contributed by atoms with Crippen molar-refractivity contribution in [1.29, 1.82) is 0 Å². The molecule has 0 aliphatic heterocycles. The van der Waals surface area contributed by atoms with Gasteiger partial charge in [-0.2, -0.15) is 0 Å². The number of carbonyl (C=O) groups is 1. The fourth-order valence-electron chi connectivity index (χ4n) is 2.22. The van der Waals surface area contributed by atoms with Gasteiger partial charge >= 0.3 is 6.09 Å². The number of aryl methyl sites for hydroxylation is 1. The molecule has 28 heavy (non-hydrogen) atoms. The number of halogens is 1. The summed E-state index contributed by atoms with van der Waals surface area (Å²) in [6, 6.07) is 0.0461. The monoisotopic (exact) mass is 525 g/mol. The maximum absolute atomic E-state index is 12.1. The smallest absolute Gasteiger partial charge is 0.410 e. The number of thiazole rings is 1. The molecule has 1 amide bonds. The lowest BCUT2D eigenvalue weighted by Gasteiger charge is -2.28. The van der Waals surface area contributed by atoms with Crippen molar-refractivity contribution in [2.24, 2.45) is 4.99 Å². The molecule has 0 aliphatic carbocycles. The summed E-state index contributed by atoms with van der Waals surface area (Å²) in [5.41, 5.74) is -0.485. The van der Waals surface area contributed by atoms with E-state index in [1.165, 1.54) is 4.88 Å². The van der Waals surface area contributed by atoms with Gasteiger partial charge in [0.1, 0.15) is 5.60 Å². The van der Waals surface area contributed by atoms with Crippen molar-refractivity contribution >= 4 is 47.4 Å². The highest BCUT2D eigenvalue weighted by molar-refractivity contribution is 14.0. The van der Waals surface area contributed by atoms with E-state index in [9.17, 15) is 4.79 Å². The van der Waals surface area contributed by atoms with Gasteiger partial charge in [0.2, 0.25) is 0 Å². The fourth-order valence-corrected chi connectivity index (χ4v) is 3.00. The first-order chi connectivity index (χ1) is 12.6. The van der Waals surface area contributed by atoms with Gasteiger partial charge in [-0.15, -0.1) is 35.3 Å². The lowest BCUT2D eigenvalue weighted by molar-refractivity contribution is 0.0231. The summed E-state index contributed by atoms with van der Waals surface area (Å²) in [5, 5.41) is 7.71. The average molecular weight is 526 g/mol. The van der Waals surface area contributed by atoms with E-state index < -0.39 is 5.60 Å². The molecule has 0 spiro atoms. The number of rotatable bonds is 8. The van der Waals surface area contributed by atoms with Gasteiger partial charge in [0.05, 0.1) is 5.01 Å². The van der Waals surface area contributed by atoms with E-state index >= 15 is 0 Å². The summed E-state index contributed by atoms with van der Waals surface area (Å²) in [5.74, 6) is 0.790. The Morgan fingerprint density at radius 1 is 1.39 bits per heavy atom. The first-order valence-electron chi connectivity index (χ1n) is 9.51. The summed E-state index contributed by atoms with van der Waals surface area (Å²) in [6.07, 6.45) is 3.24.